The van der Waals surface area contributed by atoms with Gasteiger partial charge in [-0.3, -0.25) is 4.79 Å². The van der Waals surface area contributed by atoms with Gasteiger partial charge < -0.3 is 10.2 Å². The Labute approximate surface area is 124 Å². The zero-order valence-electron chi connectivity index (χ0n) is 11.3. The number of quaternary nitrogens is 1. The molecule has 0 aliphatic carbocycles. The van der Waals surface area contributed by atoms with Crippen molar-refractivity contribution in [3.63, 3.8) is 0 Å². The van der Waals surface area contributed by atoms with E-state index < -0.39 is 23.4 Å². The largest absolute Gasteiger partial charge is 0.326 e. The Bertz CT molecular complexity index is 631. The van der Waals surface area contributed by atoms with Crippen LogP contribution in [0.5, 0.6) is 0 Å². The van der Waals surface area contributed by atoms with Crippen LogP contribution in [0.25, 0.3) is 0 Å². The van der Waals surface area contributed by atoms with Crippen LogP contribution in [0.1, 0.15) is 5.56 Å². The molecule has 0 radical (unpaired) electrons. The quantitative estimate of drug-likeness (QED) is 0.811. The summed E-state index contributed by atoms with van der Waals surface area (Å²) in [7, 11) is 1.82. The molecule has 0 aliphatic heterocycles. The van der Waals surface area contributed by atoms with Gasteiger partial charge >= 0.3 is 0 Å². The van der Waals surface area contributed by atoms with E-state index in [-0.39, 0.29) is 12.2 Å². The van der Waals surface area contributed by atoms with Crippen LogP contribution >= 0.6 is 11.3 Å². The van der Waals surface area contributed by atoms with Gasteiger partial charge in [0.25, 0.3) is 5.91 Å². The highest BCUT2D eigenvalue weighted by Crippen LogP contribution is 2.19. The van der Waals surface area contributed by atoms with Crippen LogP contribution in [-0.2, 0) is 11.3 Å². The third-order valence-corrected chi connectivity index (χ3v) is 3.59. The second-order valence-corrected chi connectivity index (χ2v) is 5.49. The van der Waals surface area contributed by atoms with Crippen LogP contribution in [0.15, 0.2) is 29.0 Å². The molecule has 0 aliphatic rings. The number of hydrogen-bond donors (Lipinski definition) is 2. The number of nitrogens with one attached hydrogen (secondary N) is 2. The van der Waals surface area contributed by atoms with E-state index in [0.717, 1.165) is 22.6 Å². The van der Waals surface area contributed by atoms with Crippen molar-refractivity contribution < 1.29 is 22.9 Å². The Morgan fingerprint density at radius 2 is 2.00 bits per heavy atom. The van der Waals surface area contributed by atoms with Gasteiger partial charge in [-0.25, -0.2) is 13.2 Å². The lowest BCUT2D eigenvalue weighted by Gasteiger charge is -2.13. The number of hydrogen-bond acceptors (Lipinski definition) is 2. The number of halogens is 3. The molecule has 1 aromatic carbocycles. The lowest BCUT2D eigenvalue weighted by molar-refractivity contribution is -0.885. The van der Waals surface area contributed by atoms with Crippen molar-refractivity contribution in [3.05, 3.63) is 52.0 Å². The topological polar surface area (TPSA) is 33.5 Å². The summed E-state index contributed by atoms with van der Waals surface area (Å²) >= 11 is 1.57. The maximum Gasteiger partial charge on any atom is 0.279 e. The molecule has 1 atom stereocenters. The smallest absolute Gasteiger partial charge is 0.279 e. The third kappa shape index (κ3) is 4.05. The molecule has 0 fully saturated rings. The average molecular weight is 315 g/mol. The number of carbonyl (C=O) groups excluding carboxylic acids is 1. The minimum atomic E-state index is -1.59. The number of thiophene rings is 1. The molecule has 2 aromatic rings. The van der Waals surface area contributed by atoms with Crippen LogP contribution in [0, 0.1) is 17.5 Å². The molecule has 0 saturated heterocycles. The second-order valence-electron chi connectivity index (χ2n) is 4.71. The maximum atomic E-state index is 13.4. The van der Waals surface area contributed by atoms with Crippen molar-refractivity contribution in [2.45, 2.75) is 6.54 Å². The number of likely N-dealkylation sites (N-methyl/N-ethyl adjacent to an activating group) is 1. The van der Waals surface area contributed by atoms with Crippen LogP contribution in [0.3, 0.4) is 0 Å². The first kappa shape index (κ1) is 15.5. The summed E-state index contributed by atoms with van der Waals surface area (Å²) in [6.07, 6.45) is 0. The Morgan fingerprint density at radius 1 is 1.24 bits per heavy atom. The molecule has 7 heteroatoms. The van der Waals surface area contributed by atoms with Gasteiger partial charge in [0, 0.05) is 5.56 Å². The van der Waals surface area contributed by atoms with E-state index in [2.05, 4.69) is 5.32 Å². The Hall–Kier alpha value is -1.86. The fraction of sp³-hybridized carbons (Fsp3) is 0.214. The van der Waals surface area contributed by atoms with Gasteiger partial charge in [-0.15, -0.1) is 0 Å². The van der Waals surface area contributed by atoms with Gasteiger partial charge in [0.15, 0.2) is 24.0 Å². The second kappa shape index (κ2) is 6.73. The zero-order chi connectivity index (χ0) is 15.4. The molecule has 1 aromatic heterocycles. The highest BCUT2D eigenvalue weighted by molar-refractivity contribution is 7.07. The highest BCUT2D eigenvalue weighted by atomic mass is 32.1. The normalized spacial score (nSPS) is 12.2. The van der Waals surface area contributed by atoms with Gasteiger partial charge in [-0.1, -0.05) is 0 Å². The van der Waals surface area contributed by atoms with Crippen molar-refractivity contribution in [3.8, 4) is 0 Å². The summed E-state index contributed by atoms with van der Waals surface area (Å²) in [6.45, 7) is 0.742. The highest BCUT2D eigenvalue weighted by Gasteiger charge is 2.17. The lowest BCUT2D eigenvalue weighted by Crippen LogP contribution is -3.08. The van der Waals surface area contributed by atoms with Crippen LogP contribution in [-0.4, -0.2) is 19.5 Å². The van der Waals surface area contributed by atoms with Crippen LogP contribution in [0.2, 0.25) is 0 Å². The van der Waals surface area contributed by atoms with E-state index in [9.17, 15) is 18.0 Å². The molecular weight excluding hydrogens is 301 g/mol. The van der Waals surface area contributed by atoms with Crippen molar-refractivity contribution in [2.75, 3.05) is 18.9 Å². The van der Waals surface area contributed by atoms with E-state index in [0.29, 0.717) is 6.54 Å². The molecule has 0 spiro atoms. The predicted octanol–water partition coefficient (Wildman–Crippen LogP) is 1.82. The maximum absolute atomic E-state index is 13.4. The number of rotatable bonds is 5. The minimum absolute atomic E-state index is 0.0915. The molecule has 2 N–H and O–H groups in total. The minimum Gasteiger partial charge on any atom is -0.326 e. The summed E-state index contributed by atoms with van der Waals surface area (Å²) in [5.74, 6) is -4.73. The van der Waals surface area contributed by atoms with Crippen LogP contribution in [0.4, 0.5) is 18.9 Å². The molecule has 112 valence electrons. The van der Waals surface area contributed by atoms with Crippen molar-refractivity contribution in [1.82, 2.24) is 0 Å². The summed E-state index contributed by atoms with van der Waals surface area (Å²) < 4.78 is 39.3. The lowest BCUT2D eigenvalue weighted by atomic mass is 10.2. The van der Waals surface area contributed by atoms with E-state index in [1.807, 2.05) is 23.9 Å². The van der Waals surface area contributed by atoms with E-state index in [4.69, 9.17) is 0 Å². The molecule has 21 heavy (non-hydrogen) atoms. The first-order valence-corrected chi connectivity index (χ1v) is 7.17. The number of amides is 1. The monoisotopic (exact) mass is 315 g/mol. The fourth-order valence-electron chi connectivity index (χ4n) is 1.90. The number of carbonyl (C=O) groups is 1. The first-order valence-electron chi connectivity index (χ1n) is 6.23. The summed E-state index contributed by atoms with van der Waals surface area (Å²) in [5, 5.41) is 6.18. The van der Waals surface area contributed by atoms with E-state index in [1.165, 1.54) is 0 Å². The Morgan fingerprint density at radius 3 is 2.67 bits per heavy atom. The van der Waals surface area contributed by atoms with Gasteiger partial charge in [0.2, 0.25) is 0 Å². The third-order valence-electron chi connectivity index (χ3n) is 2.86. The summed E-state index contributed by atoms with van der Waals surface area (Å²) in [4.78, 5) is 12.7. The molecule has 1 heterocycles. The first-order chi connectivity index (χ1) is 9.97. The summed E-state index contributed by atoms with van der Waals surface area (Å²) in [6, 6.07) is 3.73. The Kier molecular flexibility index (Phi) is 4.98. The van der Waals surface area contributed by atoms with Gasteiger partial charge in [-0.05, 0) is 29.0 Å². The van der Waals surface area contributed by atoms with Crippen molar-refractivity contribution in [2.24, 2.45) is 0 Å². The number of anilines is 1. The summed E-state index contributed by atoms with van der Waals surface area (Å²) in [5.41, 5.74) is 0.742. The zero-order valence-corrected chi connectivity index (χ0v) is 12.1. The van der Waals surface area contributed by atoms with Crippen LogP contribution < -0.4 is 10.2 Å². The molecular formula is C14H14F3N2OS+. The molecule has 1 amide bonds. The van der Waals surface area contributed by atoms with E-state index >= 15 is 0 Å². The van der Waals surface area contributed by atoms with Crippen molar-refractivity contribution >= 4 is 22.9 Å². The molecule has 3 nitrogen and oxygen atoms in total. The van der Waals surface area contributed by atoms with Gasteiger partial charge in [0.05, 0.1) is 12.7 Å². The Balaban J connectivity index is 1.94. The molecule has 0 saturated carbocycles. The fourth-order valence-corrected chi connectivity index (χ4v) is 2.56. The SMILES string of the molecule is C[NH+](CC(=O)Nc1ccc(F)c(F)c1F)Cc1ccsc1. The number of benzene rings is 1. The molecule has 0 bridgehead atoms. The predicted molar refractivity (Wildman–Crippen MR) is 74.7 cm³/mol. The van der Waals surface area contributed by atoms with Gasteiger partial charge in [0.1, 0.15) is 6.54 Å². The van der Waals surface area contributed by atoms with Gasteiger partial charge in [-0.2, -0.15) is 11.3 Å². The molecule has 2 rings (SSSR count). The average Bonchev–Trinajstić information content (AvgIpc) is 2.92. The van der Waals surface area contributed by atoms with Crippen molar-refractivity contribution in [1.29, 1.82) is 0 Å². The van der Waals surface area contributed by atoms with E-state index in [1.54, 1.807) is 11.3 Å². The standard InChI is InChI=1S/C14H13F3N2OS/c1-19(6-9-4-5-21-8-9)7-12(20)18-11-3-2-10(15)13(16)14(11)17/h2-5,8H,6-7H2,1H3,(H,18,20)/p+1. The molecule has 1 unspecified atom stereocenters.